The van der Waals surface area contributed by atoms with Crippen molar-refractivity contribution >= 4 is 5.71 Å². The number of halogens is 3. The van der Waals surface area contributed by atoms with Crippen molar-refractivity contribution in [2.45, 2.75) is 83.9 Å². The molecule has 1 aliphatic carbocycles. The number of rotatable bonds is 8. The highest BCUT2D eigenvalue weighted by Crippen LogP contribution is 2.41. The number of oxime groups is 1. The van der Waals surface area contributed by atoms with Crippen LogP contribution in [0.3, 0.4) is 0 Å². The second kappa shape index (κ2) is 10.9. The number of hydrogen-bond donors (Lipinski definition) is 0. The molecule has 3 nitrogen and oxygen atoms in total. The lowest BCUT2D eigenvalue weighted by Crippen LogP contribution is -2.36. The normalized spacial score (nSPS) is 22.4. The molecule has 0 amide bonds. The molecule has 1 saturated heterocycles. The van der Waals surface area contributed by atoms with Gasteiger partial charge in [0.25, 0.3) is 0 Å². The van der Waals surface area contributed by atoms with Gasteiger partial charge in [0.2, 0.25) is 0 Å². The van der Waals surface area contributed by atoms with Crippen molar-refractivity contribution in [3.63, 3.8) is 0 Å². The van der Waals surface area contributed by atoms with E-state index in [1.165, 1.54) is 18.2 Å². The molecule has 0 N–H and O–H groups in total. The minimum Gasteiger partial charge on any atom is -0.391 e. The van der Waals surface area contributed by atoms with Crippen LogP contribution in [0, 0.1) is 0 Å². The number of nitrogens with zero attached hydrogens (tertiary/aromatic N) is 2. The highest BCUT2D eigenvalue weighted by molar-refractivity contribution is 5.98. The van der Waals surface area contributed by atoms with E-state index in [2.05, 4.69) is 5.16 Å². The first kappa shape index (κ1) is 18.0. The van der Waals surface area contributed by atoms with E-state index in [0.29, 0.717) is 56.3 Å². The average molecular weight is 479 g/mol. The number of aryl methyl sites for hydroxylation is 1. The lowest BCUT2D eigenvalue weighted by Gasteiger charge is -2.31. The lowest BCUT2D eigenvalue weighted by atomic mass is 9.81. The van der Waals surface area contributed by atoms with Crippen LogP contribution in [0.5, 0.6) is 0 Å². The molecule has 1 aliphatic heterocycles. The number of hydrogen-bond acceptors (Lipinski definition) is 3. The lowest BCUT2D eigenvalue weighted by molar-refractivity contribution is -0.138. The number of benzene rings is 2. The Hall–Kier alpha value is -2.34. The van der Waals surface area contributed by atoms with Gasteiger partial charge >= 0.3 is 6.18 Å². The first-order valence-corrected chi connectivity index (χ1v) is 12.0. The van der Waals surface area contributed by atoms with Crippen LogP contribution in [0.4, 0.5) is 13.2 Å². The summed E-state index contributed by atoms with van der Waals surface area (Å²) in [6.45, 7) is -1.60. The van der Waals surface area contributed by atoms with Crippen LogP contribution in [0.25, 0.3) is 0 Å². The van der Waals surface area contributed by atoms with Gasteiger partial charge in [-0.2, -0.15) is 13.2 Å². The summed E-state index contributed by atoms with van der Waals surface area (Å²) in [7, 11) is 0. The van der Waals surface area contributed by atoms with Crippen LogP contribution in [0.2, 0.25) is 0 Å². The van der Waals surface area contributed by atoms with Gasteiger partial charge in [0, 0.05) is 14.7 Å². The summed E-state index contributed by atoms with van der Waals surface area (Å²) in [6.07, 6.45) is -0.190. The zero-order chi connectivity index (χ0) is 29.3. The van der Waals surface area contributed by atoms with E-state index in [1.807, 2.05) is 6.92 Å². The molecule has 184 valence electrons. The van der Waals surface area contributed by atoms with Crippen molar-refractivity contribution in [1.29, 1.82) is 0 Å². The van der Waals surface area contributed by atoms with E-state index >= 15 is 0 Å². The largest absolute Gasteiger partial charge is 0.416 e. The van der Waals surface area contributed by atoms with Crippen molar-refractivity contribution in [2.24, 2.45) is 5.16 Å². The summed E-state index contributed by atoms with van der Waals surface area (Å²) in [4.78, 5) is 7.03. The Morgan fingerprint density at radius 2 is 1.91 bits per heavy atom. The van der Waals surface area contributed by atoms with Gasteiger partial charge in [0.15, 0.2) is 0 Å². The smallest absolute Gasteiger partial charge is 0.391 e. The highest BCUT2D eigenvalue weighted by atomic mass is 19.4. The minimum absolute atomic E-state index is 0.0413. The average Bonchev–Trinajstić information content (AvgIpc) is 2.84. The van der Waals surface area contributed by atoms with Crippen molar-refractivity contribution in [1.82, 2.24) is 4.90 Å². The standard InChI is InChI=1S/C28H35F3N2O/c1-3-22-17-24(11-12-25(22)18-33-14-7-15-33)20(2)32-34-19-21-10-13-26(23-8-5-4-6-9-23)27(16-21)28(29,30)31/h10-13,16-17,23H,3-9,14-15,18-19H2,1-2H3/b32-20+/i2D3,18D2,23D. The van der Waals surface area contributed by atoms with Gasteiger partial charge in [-0.1, -0.05) is 55.6 Å². The summed E-state index contributed by atoms with van der Waals surface area (Å²) >= 11 is 0. The van der Waals surface area contributed by atoms with Crippen LogP contribution in [0.15, 0.2) is 41.6 Å². The summed E-state index contributed by atoms with van der Waals surface area (Å²) in [6, 6.07) is 8.44. The molecule has 0 spiro atoms. The molecule has 2 aromatic rings. The zero-order valence-electron chi connectivity index (χ0n) is 25.5. The third-order valence-corrected chi connectivity index (χ3v) is 6.51. The summed E-state index contributed by atoms with van der Waals surface area (Å²) in [5.74, 6) is -1.29. The molecule has 0 aromatic heterocycles. The fourth-order valence-electron chi connectivity index (χ4n) is 4.44. The SMILES string of the molecule is [2H]C([2H])([2H])/C(=N\OCc1ccc(C2([2H])CCCCC2)c(C(F)(F)F)c1)c1ccc(C([2H])([2H])N2CCC2)c(CC)c1. The Balaban J connectivity index is 1.60. The maximum atomic E-state index is 14.0. The van der Waals surface area contributed by atoms with Crippen molar-refractivity contribution in [2.75, 3.05) is 13.1 Å². The summed E-state index contributed by atoms with van der Waals surface area (Å²) in [5, 5.41) is 3.84. The van der Waals surface area contributed by atoms with Gasteiger partial charge in [0.05, 0.1) is 11.3 Å². The van der Waals surface area contributed by atoms with E-state index in [9.17, 15) is 13.2 Å². The molecule has 2 aliphatic rings. The van der Waals surface area contributed by atoms with Gasteiger partial charge in [-0.3, -0.25) is 4.90 Å². The molecular formula is C28H35F3N2O. The van der Waals surface area contributed by atoms with Crippen LogP contribution in [0.1, 0.15) is 99.8 Å². The predicted octanol–water partition coefficient (Wildman–Crippen LogP) is 7.46. The Kier molecular flexibility index (Phi) is 5.79. The van der Waals surface area contributed by atoms with Gasteiger partial charge in [0.1, 0.15) is 6.61 Å². The fraction of sp³-hybridized carbons (Fsp3) is 0.536. The van der Waals surface area contributed by atoms with E-state index in [0.717, 1.165) is 18.9 Å². The Bertz CT molecular complexity index is 1240. The van der Waals surface area contributed by atoms with Crippen LogP contribution >= 0.6 is 0 Å². The third kappa shape index (κ3) is 6.01. The second-order valence-corrected chi connectivity index (χ2v) is 8.93. The van der Waals surface area contributed by atoms with Gasteiger partial charge < -0.3 is 4.84 Å². The maximum absolute atomic E-state index is 14.0. The Morgan fingerprint density at radius 1 is 1.12 bits per heavy atom. The quantitative estimate of drug-likeness (QED) is 0.290. The van der Waals surface area contributed by atoms with Crippen molar-refractivity contribution < 1.29 is 26.2 Å². The number of alkyl halides is 3. The number of likely N-dealkylation sites (tertiary alicyclic amines) is 1. The van der Waals surface area contributed by atoms with Crippen molar-refractivity contribution in [3.05, 3.63) is 69.8 Å². The molecule has 4 rings (SSSR count). The first-order valence-electron chi connectivity index (χ1n) is 15.0. The van der Waals surface area contributed by atoms with E-state index in [-0.39, 0.29) is 29.0 Å². The summed E-state index contributed by atoms with van der Waals surface area (Å²) < 4.78 is 91.7. The Labute approximate surface area is 209 Å². The molecule has 6 heteroatoms. The molecule has 0 bridgehead atoms. The maximum Gasteiger partial charge on any atom is 0.416 e. The molecule has 2 aromatic carbocycles. The second-order valence-electron chi connectivity index (χ2n) is 8.93. The summed E-state index contributed by atoms with van der Waals surface area (Å²) in [5.41, 5.74) is 0.234. The first-order chi connectivity index (χ1) is 18.7. The minimum atomic E-state index is -4.65. The Morgan fingerprint density at radius 3 is 2.56 bits per heavy atom. The molecule has 0 atom stereocenters. The van der Waals surface area contributed by atoms with Crippen LogP contribution in [-0.2, 0) is 30.5 Å². The molecule has 0 unspecified atom stereocenters. The monoisotopic (exact) mass is 478 g/mol. The topological polar surface area (TPSA) is 24.8 Å². The van der Waals surface area contributed by atoms with Crippen molar-refractivity contribution in [3.8, 4) is 0 Å². The van der Waals surface area contributed by atoms with E-state index < -0.39 is 31.0 Å². The molecule has 0 radical (unpaired) electrons. The zero-order valence-corrected chi connectivity index (χ0v) is 19.5. The fourth-order valence-corrected chi connectivity index (χ4v) is 4.44. The highest BCUT2D eigenvalue weighted by Gasteiger charge is 2.35. The molecule has 34 heavy (non-hydrogen) atoms. The molecule has 1 saturated carbocycles. The molecular weight excluding hydrogens is 437 g/mol. The van der Waals surface area contributed by atoms with E-state index in [4.69, 9.17) is 13.1 Å². The van der Waals surface area contributed by atoms with Gasteiger partial charge in [-0.05, 0) is 91.5 Å². The van der Waals surface area contributed by atoms with Crippen LogP contribution < -0.4 is 0 Å². The molecule has 1 heterocycles. The van der Waals surface area contributed by atoms with Gasteiger partial charge in [-0.25, -0.2) is 0 Å². The van der Waals surface area contributed by atoms with Crippen LogP contribution in [-0.4, -0.2) is 23.7 Å². The third-order valence-electron chi connectivity index (χ3n) is 6.51. The van der Waals surface area contributed by atoms with E-state index in [1.54, 1.807) is 17.0 Å². The predicted molar refractivity (Wildman–Crippen MR) is 130 cm³/mol. The molecule has 2 fully saturated rings. The van der Waals surface area contributed by atoms with Gasteiger partial charge in [-0.15, -0.1) is 0 Å².